The molecule has 19 heavy (non-hydrogen) atoms. The Bertz CT molecular complexity index is 506. The van der Waals surface area contributed by atoms with Gasteiger partial charge in [-0.2, -0.15) is 13.2 Å². The molecule has 0 aliphatic rings. The van der Waals surface area contributed by atoms with Gasteiger partial charge in [0.15, 0.2) is 0 Å². The van der Waals surface area contributed by atoms with Crippen molar-refractivity contribution in [3.63, 3.8) is 0 Å². The fourth-order valence-corrected chi connectivity index (χ4v) is 1.26. The lowest BCUT2D eigenvalue weighted by molar-refractivity contribution is -0.140. The van der Waals surface area contributed by atoms with E-state index in [1.807, 2.05) is 0 Å². The van der Waals surface area contributed by atoms with E-state index in [-0.39, 0.29) is 12.4 Å². The van der Waals surface area contributed by atoms with E-state index < -0.39 is 23.5 Å². The molecule has 1 aromatic carbocycles. The molecule has 0 amide bonds. The number of benzene rings is 1. The summed E-state index contributed by atoms with van der Waals surface area (Å²) in [5.74, 6) is -2.76. The second kappa shape index (κ2) is 5.73. The predicted octanol–water partition coefficient (Wildman–Crippen LogP) is 3.25. The Morgan fingerprint density at radius 1 is 1.42 bits per heavy atom. The van der Waals surface area contributed by atoms with E-state index in [1.54, 1.807) is 0 Å². The minimum absolute atomic E-state index is 0.188. The van der Waals surface area contributed by atoms with E-state index >= 15 is 0 Å². The maximum absolute atomic E-state index is 13.0. The SMILES string of the molecule is C/C(=C/C(=O)O)COc1ccc(F)c(C(F)(F)F)c1. The highest BCUT2D eigenvalue weighted by Crippen LogP contribution is 2.33. The van der Waals surface area contributed by atoms with Gasteiger partial charge in [0.25, 0.3) is 0 Å². The van der Waals surface area contributed by atoms with Crippen LogP contribution in [0.4, 0.5) is 17.6 Å². The summed E-state index contributed by atoms with van der Waals surface area (Å²) in [4.78, 5) is 10.3. The zero-order valence-electron chi connectivity index (χ0n) is 9.79. The molecule has 0 heterocycles. The molecule has 3 nitrogen and oxygen atoms in total. The maximum Gasteiger partial charge on any atom is 0.419 e. The third kappa shape index (κ3) is 4.61. The fourth-order valence-electron chi connectivity index (χ4n) is 1.26. The van der Waals surface area contributed by atoms with Crippen molar-refractivity contribution in [1.82, 2.24) is 0 Å². The van der Waals surface area contributed by atoms with Crippen LogP contribution >= 0.6 is 0 Å². The summed E-state index contributed by atoms with van der Waals surface area (Å²) >= 11 is 0. The lowest BCUT2D eigenvalue weighted by atomic mass is 10.2. The van der Waals surface area contributed by atoms with Gasteiger partial charge in [0.05, 0.1) is 5.56 Å². The number of carboxylic acids is 1. The van der Waals surface area contributed by atoms with Gasteiger partial charge >= 0.3 is 12.1 Å². The normalized spacial score (nSPS) is 12.4. The summed E-state index contributed by atoms with van der Waals surface area (Å²) in [6.45, 7) is 1.25. The van der Waals surface area contributed by atoms with Crippen LogP contribution in [0.1, 0.15) is 12.5 Å². The highest BCUT2D eigenvalue weighted by atomic mass is 19.4. The highest BCUT2D eigenvalue weighted by Gasteiger charge is 2.34. The maximum atomic E-state index is 13.0. The van der Waals surface area contributed by atoms with Gasteiger partial charge in [-0.3, -0.25) is 0 Å². The highest BCUT2D eigenvalue weighted by molar-refractivity contribution is 5.80. The smallest absolute Gasteiger partial charge is 0.419 e. The van der Waals surface area contributed by atoms with Crippen molar-refractivity contribution in [1.29, 1.82) is 0 Å². The van der Waals surface area contributed by atoms with Crippen molar-refractivity contribution >= 4 is 5.97 Å². The largest absolute Gasteiger partial charge is 0.489 e. The van der Waals surface area contributed by atoms with E-state index in [1.165, 1.54) is 6.92 Å². The Morgan fingerprint density at radius 3 is 2.58 bits per heavy atom. The Morgan fingerprint density at radius 2 is 2.05 bits per heavy atom. The minimum atomic E-state index is -4.81. The number of carbonyl (C=O) groups is 1. The van der Waals surface area contributed by atoms with Gasteiger partial charge in [0, 0.05) is 6.08 Å². The van der Waals surface area contributed by atoms with E-state index in [2.05, 4.69) is 0 Å². The van der Waals surface area contributed by atoms with Gasteiger partial charge in [-0.1, -0.05) is 0 Å². The van der Waals surface area contributed by atoms with E-state index in [4.69, 9.17) is 9.84 Å². The standard InChI is InChI=1S/C12H10F4O3/c1-7(4-11(17)18)6-19-8-2-3-10(13)9(5-8)12(14,15)16/h2-5H,6H2,1H3,(H,17,18)/b7-4-. The molecule has 1 N–H and O–H groups in total. The third-order valence-electron chi connectivity index (χ3n) is 2.08. The minimum Gasteiger partial charge on any atom is -0.489 e. The summed E-state index contributed by atoms with van der Waals surface area (Å²) in [7, 11) is 0. The van der Waals surface area contributed by atoms with Crippen molar-refractivity contribution in [3.8, 4) is 5.75 Å². The number of alkyl halides is 3. The van der Waals surface area contributed by atoms with Crippen LogP contribution in [0.5, 0.6) is 5.75 Å². The average molecular weight is 278 g/mol. The average Bonchev–Trinajstić information content (AvgIpc) is 2.25. The number of hydrogen-bond acceptors (Lipinski definition) is 2. The molecule has 1 rings (SSSR count). The molecule has 0 spiro atoms. The lowest BCUT2D eigenvalue weighted by Crippen LogP contribution is -2.09. The topological polar surface area (TPSA) is 46.5 Å². The summed E-state index contributed by atoms with van der Waals surface area (Å²) in [6.07, 6.45) is -3.94. The van der Waals surface area contributed by atoms with Crippen molar-refractivity contribution in [2.24, 2.45) is 0 Å². The molecule has 0 unspecified atom stereocenters. The van der Waals surface area contributed by atoms with Gasteiger partial charge in [0.1, 0.15) is 18.2 Å². The second-order valence-electron chi connectivity index (χ2n) is 3.76. The molecule has 0 aliphatic heterocycles. The van der Waals surface area contributed by atoms with E-state index in [0.717, 1.165) is 12.1 Å². The predicted molar refractivity (Wildman–Crippen MR) is 58.3 cm³/mol. The van der Waals surface area contributed by atoms with Crippen molar-refractivity contribution < 1.29 is 32.2 Å². The first-order valence-electron chi connectivity index (χ1n) is 5.10. The van der Waals surface area contributed by atoms with Gasteiger partial charge < -0.3 is 9.84 Å². The Balaban J connectivity index is 2.84. The Kier molecular flexibility index (Phi) is 4.52. The van der Waals surface area contributed by atoms with Crippen LogP contribution in [0.3, 0.4) is 0 Å². The Hall–Kier alpha value is -2.05. The summed E-state index contributed by atoms with van der Waals surface area (Å²) in [5.41, 5.74) is -1.12. The second-order valence-corrected chi connectivity index (χ2v) is 3.76. The zero-order chi connectivity index (χ0) is 14.6. The molecule has 1 aromatic rings. The van der Waals surface area contributed by atoms with Gasteiger partial charge in [-0.05, 0) is 30.7 Å². The summed E-state index contributed by atoms with van der Waals surface area (Å²) in [6, 6.07) is 2.22. The molecular weight excluding hydrogens is 268 g/mol. The first-order chi connectivity index (χ1) is 8.70. The van der Waals surface area contributed by atoms with Crippen LogP contribution in [0.25, 0.3) is 0 Å². The van der Waals surface area contributed by atoms with Crippen LogP contribution in [0, 0.1) is 5.82 Å². The number of carboxylic acid groups (broad SMARTS) is 1. The number of aliphatic carboxylic acids is 1. The molecule has 0 fully saturated rings. The molecule has 104 valence electrons. The van der Waals surface area contributed by atoms with Gasteiger partial charge in [-0.25, -0.2) is 9.18 Å². The molecule has 7 heteroatoms. The van der Waals surface area contributed by atoms with Crippen LogP contribution in [0.15, 0.2) is 29.8 Å². The molecule has 0 atom stereocenters. The quantitative estimate of drug-likeness (QED) is 0.679. The lowest BCUT2D eigenvalue weighted by Gasteiger charge is -2.11. The van der Waals surface area contributed by atoms with Crippen LogP contribution in [0.2, 0.25) is 0 Å². The molecular formula is C12H10F4O3. The van der Waals surface area contributed by atoms with E-state index in [9.17, 15) is 22.4 Å². The van der Waals surface area contributed by atoms with Crippen LogP contribution < -0.4 is 4.74 Å². The van der Waals surface area contributed by atoms with Crippen LogP contribution in [-0.4, -0.2) is 17.7 Å². The molecule has 0 radical (unpaired) electrons. The van der Waals surface area contributed by atoms with Gasteiger partial charge in [0.2, 0.25) is 0 Å². The first kappa shape index (κ1) is 15.0. The van der Waals surface area contributed by atoms with Gasteiger partial charge in [-0.15, -0.1) is 0 Å². The van der Waals surface area contributed by atoms with Crippen LogP contribution in [-0.2, 0) is 11.0 Å². The number of rotatable bonds is 4. The number of halogens is 4. The molecule has 0 aliphatic carbocycles. The molecule has 0 saturated carbocycles. The van der Waals surface area contributed by atoms with Crippen molar-refractivity contribution in [3.05, 3.63) is 41.2 Å². The zero-order valence-corrected chi connectivity index (χ0v) is 9.79. The molecule has 0 aromatic heterocycles. The molecule has 0 saturated heterocycles. The van der Waals surface area contributed by atoms with Crippen molar-refractivity contribution in [2.45, 2.75) is 13.1 Å². The third-order valence-corrected chi connectivity index (χ3v) is 2.08. The number of hydrogen-bond donors (Lipinski definition) is 1. The number of ether oxygens (including phenoxy) is 1. The summed E-state index contributed by atoms with van der Waals surface area (Å²) in [5, 5.41) is 8.44. The van der Waals surface area contributed by atoms with Crippen molar-refractivity contribution in [2.75, 3.05) is 6.61 Å². The fraction of sp³-hybridized carbons (Fsp3) is 0.250. The monoisotopic (exact) mass is 278 g/mol. The Labute approximate surface area is 106 Å². The van der Waals surface area contributed by atoms with E-state index in [0.29, 0.717) is 17.7 Å². The first-order valence-corrected chi connectivity index (χ1v) is 5.10. The summed E-state index contributed by atoms with van der Waals surface area (Å²) < 4.78 is 55.2. The molecule has 0 bridgehead atoms.